The number of para-hydroxylation sites is 2. The molecule has 0 radical (unpaired) electrons. The summed E-state index contributed by atoms with van der Waals surface area (Å²) in [4.78, 5) is 48.9. The second kappa shape index (κ2) is 9.56. The summed E-state index contributed by atoms with van der Waals surface area (Å²) in [5, 5.41) is 4.53. The number of benzene rings is 1. The lowest BCUT2D eigenvalue weighted by Crippen LogP contribution is -2.42. The first-order valence-corrected chi connectivity index (χ1v) is 8.64. The van der Waals surface area contributed by atoms with Crippen molar-refractivity contribution in [2.75, 3.05) is 31.7 Å². The van der Waals surface area contributed by atoms with Gasteiger partial charge in [0.2, 0.25) is 5.91 Å². The van der Waals surface area contributed by atoms with Gasteiger partial charge in [0, 0.05) is 19.5 Å². The van der Waals surface area contributed by atoms with Crippen molar-refractivity contribution < 1.29 is 28.7 Å². The van der Waals surface area contributed by atoms with Crippen molar-refractivity contribution >= 4 is 29.5 Å². The molecule has 1 aliphatic heterocycles. The van der Waals surface area contributed by atoms with Crippen LogP contribution in [0.2, 0.25) is 0 Å². The fourth-order valence-corrected chi connectivity index (χ4v) is 2.65. The van der Waals surface area contributed by atoms with Crippen LogP contribution in [-0.4, -0.2) is 50.6 Å². The monoisotopic (exact) mass is 377 g/mol. The predicted octanol–water partition coefficient (Wildman–Crippen LogP) is 0.827. The second-order valence-electron chi connectivity index (χ2n) is 5.99. The average Bonchev–Trinajstić information content (AvgIpc) is 3.06. The molecule has 2 rings (SSSR count). The van der Waals surface area contributed by atoms with E-state index in [1.165, 1.54) is 12.0 Å². The van der Waals surface area contributed by atoms with Crippen molar-refractivity contribution in [2.45, 2.75) is 19.8 Å². The van der Waals surface area contributed by atoms with Gasteiger partial charge in [0.05, 0.1) is 18.7 Å². The Bertz CT molecular complexity index is 721. The lowest BCUT2D eigenvalue weighted by atomic mass is 10.1. The van der Waals surface area contributed by atoms with Crippen LogP contribution in [0.15, 0.2) is 24.3 Å². The van der Waals surface area contributed by atoms with Crippen LogP contribution in [0.1, 0.15) is 19.8 Å². The highest BCUT2D eigenvalue weighted by atomic mass is 16.5. The first kappa shape index (κ1) is 20.2. The molecule has 27 heavy (non-hydrogen) atoms. The maximum atomic E-state index is 12.3. The third-order valence-corrected chi connectivity index (χ3v) is 3.97. The van der Waals surface area contributed by atoms with Gasteiger partial charge in [0.1, 0.15) is 5.75 Å². The number of hydrogen-bond acceptors (Lipinski definition) is 6. The molecule has 146 valence electrons. The van der Waals surface area contributed by atoms with Gasteiger partial charge in [-0.2, -0.15) is 0 Å². The summed E-state index contributed by atoms with van der Waals surface area (Å²) in [5.41, 5.74) is 0.575. The smallest absolute Gasteiger partial charge is 0.321 e. The van der Waals surface area contributed by atoms with E-state index >= 15 is 0 Å². The number of methoxy groups -OCH3 is 1. The van der Waals surface area contributed by atoms with Crippen LogP contribution in [0, 0.1) is 5.92 Å². The highest BCUT2D eigenvalue weighted by Crippen LogP contribution is 2.32. The summed E-state index contributed by atoms with van der Waals surface area (Å²) in [6.07, 6.45) is 0.713. The van der Waals surface area contributed by atoms with Crippen molar-refractivity contribution in [3.8, 4) is 5.75 Å². The van der Waals surface area contributed by atoms with Gasteiger partial charge in [-0.1, -0.05) is 19.1 Å². The third kappa shape index (κ3) is 5.44. The van der Waals surface area contributed by atoms with Gasteiger partial charge in [-0.25, -0.2) is 4.79 Å². The van der Waals surface area contributed by atoms with Crippen molar-refractivity contribution in [2.24, 2.45) is 5.92 Å². The molecular formula is C18H23N3O6. The Labute approximate surface area is 157 Å². The summed E-state index contributed by atoms with van der Waals surface area (Å²) in [5.74, 6) is -1.79. The molecule has 1 aromatic rings. The molecule has 1 fully saturated rings. The largest absolute Gasteiger partial charge is 0.495 e. The number of carbonyl (C=O) groups excluding carboxylic acids is 4. The number of esters is 1. The molecule has 0 aliphatic carbocycles. The molecule has 1 aliphatic rings. The standard InChI is InChI=1S/C18H23N3O6/c1-3-8-19-18(25)20-15(22)11-27-17(24)12-9-16(23)21(10-12)13-6-4-5-7-14(13)26-2/h4-7,12H,3,8-11H2,1-2H3,(H2,19,20,22,25)/t12-/m0/s1. The number of carbonyl (C=O) groups is 4. The molecule has 9 heteroatoms. The first-order chi connectivity index (χ1) is 13.0. The fraction of sp³-hybridized carbons (Fsp3) is 0.444. The number of urea groups is 1. The molecule has 9 nitrogen and oxygen atoms in total. The number of rotatable bonds is 7. The maximum absolute atomic E-state index is 12.3. The quantitative estimate of drug-likeness (QED) is 0.680. The number of imide groups is 1. The topological polar surface area (TPSA) is 114 Å². The van der Waals surface area contributed by atoms with Crippen LogP contribution in [0.5, 0.6) is 5.75 Å². The van der Waals surface area contributed by atoms with Crippen LogP contribution in [0.3, 0.4) is 0 Å². The maximum Gasteiger partial charge on any atom is 0.321 e. The van der Waals surface area contributed by atoms with E-state index < -0.39 is 30.4 Å². The van der Waals surface area contributed by atoms with Crippen LogP contribution >= 0.6 is 0 Å². The van der Waals surface area contributed by atoms with Gasteiger partial charge < -0.3 is 19.7 Å². The molecule has 0 spiro atoms. The summed E-state index contributed by atoms with van der Waals surface area (Å²) in [6, 6.07) is 6.36. The van der Waals surface area contributed by atoms with Gasteiger partial charge in [0.25, 0.3) is 5.91 Å². The van der Waals surface area contributed by atoms with E-state index in [9.17, 15) is 19.2 Å². The molecule has 1 atom stereocenters. The van der Waals surface area contributed by atoms with Crippen molar-refractivity contribution in [3.05, 3.63) is 24.3 Å². The molecule has 4 amide bonds. The van der Waals surface area contributed by atoms with E-state index in [-0.39, 0.29) is 18.9 Å². The molecule has 0 unspecified atom stereocenters. The van der Waals surface area contributed by atoms with Crippen LogP contribution in [0.4, 0.5) is 10.5 Å². The second-order valence-corrected chi connectivity index (χ2v) is 5.99. The molecule has 1 heterocycles. The number of hydrogen-bond donors (Lipinski definition) is 2. The minimum atomic E-state index is -0.733. The molecular weight excluding hydrogens is 354 g/mol. The SMILES string of the molecule is CCCNC(=O)NC(=O)COC(=O)[C@H]1CC(=O)N(c2ccccc2OC)C1. The van der Waals surface area contributed by atoms with Gasteiger partial charge in [-0.05, 0) is 18.6 Å². The Morgan fingerprint density at radius 2 is 2.00 bits per heavy atom. The molecule has 1 saturated heterocycles. The van der Waals surface area contributed by atoms with E-state index in [4.69, 9.17) is 9.47 Å². The first-order valence-electron chi connectivity index (χ1n) is 8.64. The van der Waals surface area contributed by atoms with Crippen LogP contribution in [0.25, 0.3) is 0 Å². The zero-order valence-electron chi connectivity index (χ0n) is 15.3. The van der Waals surface area contributed by atoms with Crippen LogP contribution < -0.4 is 20.3 Å². The third-order valence-electron chi connectivity index (χ3n) is 3.97. The molecule has 2 N–H and O–H groups in total. The Balaban J connectivity index is 1.87. The lowest BCUT2D eigenvalue weighted by Gasteiger charge is -2.19. The number of anilines is 1. The minimum Gasteiger partial charge on any atom is -0.495 e. The molecule has 0 aromatic heterocycles. The van der Waals surface area contributed by atoms with Gasteiger partial charge in [-0.3, -0.25) is 19.7 Å². The Morgan fingerprint density at radius 1 is 1.26 bits per heavy atom. The van der Waals surface area contributed by atoms with Crippen molar-refractivity contribution in [1.82, 2.24) is 10.6 Å². The number of ether oxygens (including phenoxy) is 2. The average molecular weight is 377 g/mol. The fourth-order valence-electron chi connectivity index (χ4n) is 2.65. The Kier molecular flexibility index (Phi) is 7.16. The van der Waals surface area contributed by atoms with E-state index in [0.717, 1.165) is 6.42 Å². The van der Waals surface area contributed by atoms with Gasteiger partial charge in [-0.15, -0.1) is 0 Å². The minimum absolute atomic E-state index is 0.0184. The lowest BCUT2D eigenvalue weighted by molar-refractivity contribution is -0.152. The van der Waals surface area contributed by atoms with Crippen molar-refractivity contribution in [1.29, 1.82) is 0 Å². The zero-order valence-corrected chi connectivity index (χ0v) is 15.3. The van der Waals surface area contributed by atoms with Crippen LogP contribution in [-0.2, 0) is 19.1 Å². The molecule has 0 bridgehead atoms. The van der Waals surface area contributed by atoms with Crippen molar-refractivity contribution in [3.63, 3.8) is 0 Å². The predicted molar refractivity (Wildman–Crippen MR) is 96.2 cm³/mol. The highest BCUT2D eigenvalue weighted by Gasteiger charge is 2.37. The van der Waals surface area contributed by atoms with Gasteiger partial charge in [0.15, 0.2) is 6.61 Å². The molecule has 1 aromatic carbocycles. The summed E-state index contributed by atoms with van der Waals surface area (Å²) >= 11 is 0. The Hall–Kier alpha value is -3.10. The Morgan fingerprint density at radius 3 is 2.70 bits per heavy atom. The van der Waals surface area contributed by atoms with E-state index in [1.54, 1.807) is 24.3 Å². The van der Waals surface area contributed by atoms with E-state index in [1.807, 2.05) is 6.92 Å². The summed E-state index contributed by atoms with van der Waals surface area (Å²) in [6.45, 7) is 1.86. The number of nitrogens with zero attached hydrogens (tertiary/aromatic N) is 1. The normalized spacial score (nSPS) is 16.0. The summed E-state index contributed by atoms with van der Waals surface area (Å²) < 4.78 is 10.2. The number of nitrogens with one attached hydrogen (secondary N) is 2. The highest BCUT2D eigenvalue weighted by molar-refractivity contribution is 6.01. The molecule has 0 saturated carbocycles. The van der Waals surface area contributed by atoms with E-state index in [2.05, 4.69) is 10.6 Å². The van der Waals surface area contributed by atoms with E-state index in [0.29, 0.717) is 18.0 Å². The number of amides is 4. The summed E-state index contributed by atoms with van der Waals surface area (Å²) in [7, 11) is 1.50. The van der Waals surface area contributed by atoms with Gasteiger partial charge >= 0.3 is 12.0 Å². The zero-order chi connectivity index (χ0) is 19.8.